The van der Waals surface area contributed by atoms with Crippen LogP contribution in [0, 0.1) is 0 Å². The van der Waals surface area contributed by atoms with Crippen molar-refractivity contribution in [2.24, 2.45) is 5.73 Å². The molecule has 1 saturated heterocycles. The summed E-state index contributed by atoms with van der Waals surface area (Å²) in [6.45, 7) is 6.77. The molecule has 2 N–H and O–H groups in total. The van der Waals surface area contributed by atoms with Crippen molar-refractivity contribution in [1.29, 1.82) is 0 Å². The van der Waals surface area contributed by atoms with Gasteiger partial charge in [0.1, 0.15) is 0 Å². The van der Waals surface area contributed by atoms with Gasteiger partial charge in [-0.15, -0.1) is 0 Å². The summed E-state index contributed by atoms with van der Waals surface area (Å²) in [4.78, 5) is 0. The summed E-state index contributed by atoms with van der Waals surface area (Å²) in [5.41, 5.74) is 9.40. The van der Waals surface area contributed by atoms with Crippen LogP contribution in [-0.4, -0.2) is 17.0 Å². The predicted molar refractivity (Wildman–Crippen MR) is 86.9 cm³/mol. The number of hydrogen-bond acceptors (Lipinski definition) is 2. The molecule has 19 heavy (non-hydrogen) atoms. The molecule has 0 amide bonds. The van der Waals surface area contributed by atoms with E-state index in [1.54, 1.807) is 0 Å². The summed E-state index contributed by atoms with van der Waals surface area (Å²) in [6.07, 6.45) is 5.04. The van der Waals surface area contributed by atoms with Gasteiger partial charge in [-0.3, -0.25) is 0 Å². The van der Waals surface area contributed by atoms with Crippen molar-refractivity contribution in [3.63, 3.8) is 0 Å². The monoisotopic (exact) mass is 277 g/mol. The molecule has 1 aliphatic rings. The summed E-state index contributed by atoms with van der Waals surface area (Å²) in [7, 11) is 0. The van der Waals surface area contributed by atoms with Gasteiger partial charge in [-0.25, -0.2) is 0 Å². The minimum absolute atomic E-state index is 0.236. The zero-order valence-corrected chi connectivity index (χ0v) is 13.3. The average Bonchev–Trinajstić information content (AvgIpc) is 2.39. The van der Waals surface area contributed by atoms with Crippen molar-refractivity contribution in [3.8, 4) is 0 Å². The minimum Gasteiger partial charge on any atom is -0.326 e. The zero-order valence-electron chi connectivity index (χ0n) is 12.5. The molecule has 1 aromatic rings. The second-order valence-electron chi connectivity index (χ2n) is 6.72. The van der Waals surface area contributed by atoms with Gasteiger partial charge >= 0.3 is 0 Å². The second-order valence-corrected chi connectivity index (χ2v) is 8.07. The van der Waals surface area contributed by atoms with Gasteiger partial charge in [0.25, 0.3) is 0 Å². The van der Waals surface area contributed by atoms with Crippen molar-refractivity contribution in [2.75, 3.05) is 5.75 Å². The normalized spacial score (nSPS) is 22.2. The average molecular weight is 277 g/mol. The van der Waals surface area contributed by atoms with Gasteiger partial charge in [0.2, 0.25) is 0 Å². The highest BCUT2D eigenvalue weighted by atomic mass is 32.2. The number of benzene rings is 1. The molecule has 2 rings (SSSR count). The second kappa shape index (κ2) is 6.32. The van der Waals surface area contributed by atoms with Crippen molar-refractivity contribution < 1.29 is 0 Å². The molecule has 1 fully saturated rings. The number of thioether (sulfide) groups is 1. The van der Waals surface area contributed by atoms with Crippen LogP contribution < -0.4 is 5.73 Å². The largest absolute Gasteiger partial charge is 0.326 e. The number of nitrogens with two attached hydrogens (primary N) is 1. The topological polar surface area (TPSA) is 26.0 Å². The van der Waals surface area contributed by atoms with Crippen LogP contribution in [0.1, 0.15) is 51.2 Å². The van der Waals surface area contributed by atoms with E-state index in [0.717, 1.165) is 6.42 Å². The lowest BCUT2D eigenvalue weighted by atomic mass is 9.86. The fourth-order valence-electron chi connectivity index (χ4n) is 2.65. The van der Waals surface area contributed by atoms with Crippen LogP contribution in [0.5, 0.6) is 0 Å². The molecule has 1 nitrogen and oxygen atoms in total. The molecule has 0 aromatic heterocycles. The highest BCUT2D eigenvalue weighted by Crippen LogP contribution is 2.28. The first-order chi connectivity index (χ1) is 8.97. The first-order valence-corrected chi connectivity index (χ1v) is 8.48. The van der Waals surface area contributed by atoms with Crippen LogP contribution in [0.4, 0.5) is 0 Å². The molecule has 0 spiro atoms. The van der Waals surface area contributed by atoms with E-state index in [1.807, 2.05) is 0 Å². The Morgan fingerprint density at radius 2 is 1.89 bits per heavy atom. The molecule has 0 saturated carbocycles. The SMILES string of the molecule is CC(C)(C)c1ccc(CC(N)C2CCCCS2)cc1. The Hall–Kier alpha value is -0.470. The number of hydrogen-bond donors (Lipinski definition) is 1. The van der Waals surface area contributed by atoms with Gasteiger partial charge in [-0.05, 0) is 41.6 Å². The zero-order chi connectivity index (χ0) is 13.9. The van der Waals surface area contributed by atoms with E-state index in [1.165, 1.54) is 36.1 Å². The van der Waals surface area contributed by atoms with Crippen LogP contribution in [0.3, 0.4) is 0 Å². The van der Waals surface area contributed by atoms with E-state index in [9.17, 15) is 0 Å². The van der Waals surface area contributed by atoms with Crippen LogP contribution >= 0.6 is 11.8 Å². The molecule has 1 heterocycles. The molecule has 0 bridgehead atoms. The minimum atomic E-state index is 0.236. The maximum absolute atomic E-state index is 6.38. The van der Waals surface area contributed by atoms with Crippen LogP contribution in [-0.2, 0) is 11.8 Å². The van der Waals surface area contributed by atoms with E-state index >= 15 is 0 Å². The maximum atomic E-state index is 6.38. The molecule has 0 aliphatic carbocycles. The quantitative estimate of drug-likeness (QED) is 0.898. The van der Waals surface area contributed by atoms with Gasteiger partial charge in [0.05, 0.1) is 0 Å². The lowest BCUT2D eigenvalue weighted by Crippen LogP contribution is -2.36. The highest BCUT2D eigenvalue weighted by molar-refractivity contribution is 8.00. The van der Waals surface area contributed by atoms with Gasteiger partial charge in [0, 0.05) is 11.3 Å². The van der Waals surface area contributed by atoms with Gasteiger partial charge in [-0.2, -0.15) is 11.8 Å². The van der Waals surface area contributed by atoms with Crippen molar-refractivity contribution in [3.05, 3.63) is 35.4 Å². The summed E-state index contributed by atoms with van der Waals surface area (Å²) in [6, 6.07) is 9.35. The molecule has 106 valence electrons. The van der Waals surface area contributed by atoms with Crippen molar-refractivity contribution >= 4 is 11.8 Å². The summed E-state index contributed by atoms with van der Waals surface area (Å²) >= 11 is 2.07. The summed E-state index contributed by atoms with van der Waals surface area (Å²) < 4.78 is 0. The Bertz CT molecular complexity index is 385. The van der Waals surface area contributed by atoms with E-state index in [2.05, 4.69) is 56.8 Å². The molecular weight excluding hydrogens is 250 g/mol. The van der Waals surface area contributed by atoms with Crippen LogP contribution in [0.2, 0.25) is 0 Å². The van der Waals surface area contributed by atoms with Crippen molar-refractivity contribution in [2.45, 2.75) is 63.2 Å². The molecule has 2 heteroatoms. The standard InChI is InChI=1S/C17H27NS/c1-17(2,3)14-9-7-13(8-10-14)12-15(18)16-6-4-5-11-19-16/h7-10,15-16H,4-6,11-12,18H2,1-3H3. The van der Waals surface area contributed by atoms with E-state index < -0.39 is 0 Å². The molecular formula is C17H27NS. The summed E-state index contributed by atoms with van der Waals surface area (Å²) in [5.74, 6) is 1.29. The Balaban J connectivity index is 1.95. The lowest BCUT2D eigenvalue weighted by Gasteiger charge is -2.27. The third-order valence-corrected chi connectivity index (χ3v) is 5.52. The highest BCUT2D eigenvalue weighted by Gasteiger charge is 2.21. The summed E-state index contributed by atoms with van der Waals surface area (Å²) in [5, 5.41) is 0.663. The fraction of sp³-hybridized carbons (Fsp3) is 0.647. The Morgan fingerprint density at radius 1 is 1.21 bits per heavy atom. The predicted octanol–water partition coefficient (Wildman–Crippen LogP) is 4.14. The first kappa shape index (κ1) is 14.9. The molecule has 1 aromatic carbocycles. The number of rotatable bonds is 3. The molecule has 1 aliphatic heterocycles. The first-order valence-electron chi connectivity index (χ1n) is 7.43. The van der Waals surface area contributed by atoms with Gasteiger partial charge in [-0.1, -0.05) is 51.5 Å². The van der Waals surface area contributed by atoms with Gasteiger partial charge < -0.3 is 5.73 Å². The Labute approximate surface area is 122 Å². The van der Waals surface area contributed by atoms with Gasteiger partial charge in [0.15, 0.2) is 0 Å². The Morgan fingerprint density at radius 3 is 2.42 bits per heavy atom. The van der Waals surface area contributed by atoms with Crippen LogP contribution in [0.15, 0.2) is 24.3 Å². The van der Waals surface area contributed by atoms with Crippen molar-refractivity contribution in [1.82, 2.24) is 0 Å². The molecule has 0 radical (unpaired) electrons. The smallest absolute Gasteiger partial charge is 0.0202 e. The maximum Gasteiger partial charge on any atom is 0.0202 e. The van der Waals surface area contributed by atoms with E-state index in [4.69, 9.17) is 5.73 Å². The third kappa shape index (κ3) is 4.25. The van der Waals surface area contributed by atoms with E-state index in [0.29, 0.717) is 11.3 Å². The Kier molecular flexibility index (Phi) is 4.97. The lowest BCUT2D eigenvalue weighted by molar-refractivity contribution is 0.558. The van der Waals surface area contributed by atoms with Crippen LogP contribution in [0.25, 0.3) is 0 Å². The fourth-order valence-corrected chi connectivity index (χ4v) is 4.00. The molecule has 2 atom stereocenters. The molecule has 2 unspecified atom stereocenters. The third-order valence-electron chi connectivity index (χ3n) is 3.98. The van der Waals surface area contributed by atoms with E-state index in [-0.39, 0.29) is 5.41 Å².